The zero-order valence-corrected chi connectivity index (χ0v) is 14.1. The Morgan fingerprint density at radius 2 is 2.00 bits per heavy atom. The van der Waals surface area contributed by atoms with Gasteiger partial charge in [-0.1, -0.05) is 24.3 Å². The Labute approximate surface area is 147 Å². The topological polar surface area (TPSA) is 75.6 Å². The monoisotopic (exact) mass is 341 g/mol. The number of rotatable bonds is 7. The van der Waals surface area contributed by atoms with Crippen LogP contribution in [0.3, 0.4) is 0 Å². The summed E-state index contributed by atoms with van der Waals surface area (Å²) in [6.07, 6.45) is 9.26. The van der Waals surface area contributed by atoms with E-state index >= 15 is 0 Å². The van der Waals surface area contributed by atoms with Gasteiger partial charge in [0.1, 0.15) is 12.1 Å². The van der Waals surface area contributed by atoms with Crippen molar-refractivity contribution in [3.8, 4) is 12.3 Å². The van der Waals surface area contributed by atoms with Gasteiger partial charge in [-0.25, -0.2) is 9.59 Å². The van der Waals surface area contributed by atoms with E-state index in [2.05, 4.69) is 11.2 Å². The number of fused-ring (bicyclic) bond motifs is 1. The Kier molecular flexibility index (Phi) is 5.28. The van der Waals surface area contributed by atoms with Crippen LogP contribution in [0.15, 0.2) is 24.3 Å². The molecule has 0 radical (unpaired) electrons. The Hall–Kier alpha value is -2.48. The average Bonchev–Trinajstić information content (AvgIpc) is 3.16. The van der Waals surface area contributed by atoms with E-state index in [1.165, 1.54) is 0 Å². The van der Waals surface area contributed by atoms with Gasteiger partial charge in [0.05, 0.1) is 0 Å². The van der Waals surface area contributed by atoms with Gasteiger partial charge in [0.25, 0.3) is 0 Å². The largest absolute Gasteiger partial charge is 0.480 e. The van der Waals surface area contributed by atoms with E-state index in [1.54, 1.807) is 0 Å². The summed E-state index contributed by atoms with van der Waals surface area (Å²) in [5.74, 6) is 1.80. The number of alkyl carbamates (subject to hydrolysis) is 1. The van der Waals surface area contributed by atoms with Gasteiger partial charge in [0, 0.05) is 6.42 Å². The highest BCUT2D eigenvalue weighted by molar-refractivity contribution is 5.80. The number of hydrogen-bond acceptors (Lipinski definition) is 3. The first kappa shape index (κ1) is 17.3. The summed E-state index contributed by atoms with van der Waals surface area (Å²) in [6, 6.07) is 6.99. The summed E-state index contributed by atoms with van der Waals surface area (Å²) in [5, 5.41) is 12.1. The molecule has 0 bridgehead atoms. The molecule has 0 heterocycles. The number of carbonyl (C=O) groups excluding carboxylic acids is 1. The molecule has 0 aromatic heterocycles. The van der Waals surface area contributed by atoms with Crippen molar-refractivity contribution in [3.63, 3.8) is 0 Å². The molecule has 1 saturated carbocycles. The second-order valence-corrected chi connectivity index (χ2v) is 6.93. The van der Waals surface area contributed by atoms with Crippen molar-refractivity contribution in [2.75, 3.05) is 0 Å². The van der Waals surface area contributed by atoms with Crippen LogP contribution in [0, 0.1) is 24.2 Å². The van der Waals surface area contributed by atoms with E-state index < -0.39 is 18.1 Å². The minimum absolute atomic E-state index is 0.104. The number of hydrogen-bond donors (Lipinski definition) is 2. The number of unbranched alkanes of at least 4 members (excludes halogenated alkanes) is 1. The van der Waals surface area contributed by atoms with Gasteiger partial charge in [-0.05, 0) is 55.1 Å². The van der Waals surface area contributed by atoms with Crippen LogP contribution >= 0.6 is 0 Å². The first-order valence-corrected chi connectivity index (χ1v) is 8.78. The molecule has 3 unspecified atom stereocenters. The molecule has 1 amide bonds. The number of terminal acetylenes is 1. The number of carbonyl (C=O) groups is 2. The first-order valence-electron chi connectivity index (χ1n) is 8.78. The van der Waals surface area contributed by atoms with Crippen molar-refractivity contribution < 1.29 is 19.4 Å². The number of benzene rings is 1. The van der Waals surface area contributed by atoms with Gasteiger partial charge in [0.15, 0.2) is 0 Å². The maximum Gasteiger partial charge on any atom is 0.408 e. The van der Waals surface area contributed by atoms with Crippen LogP contribution in [0.25, 0.3) is 0 Å². The zero-order valence-electron chi connectivity index (χ0n) is 14.1. The molecule has 1 fully saturated rings. The fourth-order valence-electron chi connectivity index (χ4n) is 3.64. The molecule has 2 aliphatic rings. The number of amides is 1. The standard InChI is InChI=1S/C20H23NO4/c1-2-3-4-9-15-12-17(15)25-20(24)21-18(19(22)23)16-10-13-7-5-6-8-14(13)11-16/h1,5-8,15-18H,3-4,9-12H2,(H,21,24)(H,22,23). The zero-order chi connectivity index (χ0) is 17.8. The molecule has 0 saturated heterocycles. The quantitative estimate of drug-likeness (QED) is 0.591. The number of carboxylic acid groups (broad SMARTS) is 1. The van der Waals surface area contributed by atoms with E-state index in [4.69, 9.17) is 11.2 Å². The van der Waals surface area contributed by atoms with Gasteiger partial charge < -0.3 is 15.2 Å². The third-order valence-electron chi connectivity index (χ3n) is 5.11. The lowest BCUT2D eigenvalue weighted by atomic mass is 9.97. The van der Waals surface area contributed by atoms with Crippen LogP contribution in [-0.2, 0) is 22.4 Å². The first-order chi connectivity index (χ1) is 12.1. The van der Waals surface area contributed by atoms with E-state index in [1.807, 2.05) is 24.3 Å². The molecular weight excluding hydrogens is 318 g/mol. The van der Waals surface area contributed by atoms with Crippen LogP contribution in [0.1, 0.15) is 36.8 Å². The molecule has 5 nitrogen and oxygen atoms in total. The Balaban J connectivity index is 1.49. The minimum atomic E-state index is -1.02. The predicted molar refractivity (Wildman–Crippen MR) is 93.0 cm³/mol. The molecule has 2 N–H and O–H groups in total. The normalized spacial score (nSPS) is 22.5. The van der Waals surface area contributed by atoms with E-state index in [9.17, 15) is 14.7 Å². The van der Waals surface area contributed by atoms with Gasteiger partial charge in [0.2, 0.25) is 0 Å². The van der Waals surface area contributed by atoms with Crippen molar-refractivity contribution >= 4 is 12.1 Å². The number of ether oxygens (including phenoxy) is 1. The van der Waals surface area contributed by atoms with Crippen LogP contribution < -0.4 is 5.32 Å². The molecule has 25 heavy (non-hydrogen) atoms. The van der Waals surface area contributed by atoms with Gasteiger partial charge in [-0.2, -0.15) is 0 Å². The van der Waals surface area contributed by atoms with E-state index in [0.29, 0.717) is 18.8 Å². The second kappa shape index (κ2) is 7.60. The van der Waals surface area contributed by atoms with Crippen molar-refractivity contribution in [1.82, 2.24) is 5.32 Å². The molecule has 3 rings (SSSR count). The number of carboxylic acids is 1. The fraction of sp³-hybridized carbons (Fsp3) is 0.500. The van der Waals surface area contributed by atoms with Crippen LogP contribution in [-0.4, -0.2) is 29.3 Å². The van der Waals surface area contributed by atoms with Crippen molar-refractivity contribution in [2.24, 2.45) is 11.8 Å². The SMILES string of the molecule is C#CCCCC1CC1OC(=O)NC(C(=O)O)C1Cc2ccccc2C1. The van der Waals surface area contributed by atoms with Crippen molar-refractivity contribution in [1.29, 1.82) is 0 Å². The summed E-state index contributed by atoms with van der Waals surface area (Å²) < 4.78 is 5.36. The summed E-state index contributed by atoms with van der Waals surface area (Å²) in [7, 11) is 0. The lowest BCUT2D eigenvalue weighted by molar-refractivity contribution is -0.140. The third-order valence-corrected chi connectivity index (χ3v) is 5.11. The Morgan fingerprint density at radius 3 is 2.60 bits per heavy atom. The lowest BCUT2D eigenvalue weighted by Crippen LogP contribution is -2.46. The van der Waals surface area contributed by atoms with Crippen LogP contribution in [0.5, 0.6) is 0 Å². The molecule has 132 valence electrons. The van der Waals surface area contributed by atoms with E-state index in [0.717, 1.165) is 36.8 Å². The lowest BCUT2D eigenvalue weighted by Gasteiger charge is -2.20. The Morgan fingerprint density at radius 1 is 1.32 bits per heavy atom. The van der Waals surface area contributed by atoms with Gasteiger partial charge in [-0.15, -0.1) is 12.3 Å². The van der Waals surface area contributed by atoms with Gasteiger partial charge in [-0.3, -0.25) is 0 Å². The molecule has 1 aromatic carbocycles. The molecule has 2 aliphatic carbocycles. The smallest absolute Gasteiger partial charge is 0.408 e. The fourth-order valence-corrected chi connectivity index (χ4v) is 3.64. The summed E-state index contributed by atoms with van der Waals surface area (Å²) in [4.78, 5) is 23.7. The predicted octanol–water partition coefficient (Wildman–Crippen LogP) is 2.77. The maximum atomic E-state index is 12.1. The summed E-state index contributed by atoms with van der Waals surface area (Å²) >= 11 is 0. The van der Waals surface area contributed by atoms with Crippen molar-refractivity contribution in [3.05, 3.63) is 35.4 Å². The summed E-state index contributed by atoms with van der Waals surface area (Å²) in [6.45, 7) is 0. The summed E-state index contributed by atoms with van der Waals surface area (Å²) in [5.41, 5.74) is 2.31. The number of aliphatic carboxylic acids is 1. The molecule has 3 atom stereocenters. The molecular formula is C20H23NO4. The van der Waals surface area contributed by atoms with Crippen LogP contribution in [0.4, 0.5) is 4.79 Å². The highest BCUT2D eigenvalue weighted by atomic mass is 16.6. The van der Waals surface area contributed by atoms with Gasteiger partial charge >= 0.3 is 12.1 Å². The molecule has 0 aliphatic heterocycles. The maximum absolute atomic E-state index is 12.1. The average molecular weight is 341 g/mol. The molecule has 1 aromatic rings. The third kappa shape index (κ3) is 4.33. The minimum Gasteiger partial charge on any atom is -0.480 e. The van der Waals surface area contributed by atoms with Crippen LogP contribution in [0.2, 0.25) is 0 Å². The molecule has 5 heteroatoms. The second-order valence-electron chi connectivity index (χ2n) is 6.93. The Bertz CT molecular complexity index is 668. The molecule has 0 spiro atoms. The van der Waals surface area contributed by atoms with E-state index in [-0.39, 0.29) is 12.0 Å². The van der Waals surface area contributed by atoms with Crippen molar-refractivity contribution in [2.45, 2.75) is 50.7 Å². The highest BCUT2D eigenvalue weighted by Gasteiger charge is 2.41. The highest BCUT2D eigenvalue weighted by Crippen LogP contribution is 2.38. The number of nitrogens with one attached hydrogen (secondary N) is 1.